The van der Waals surface area contributed by atoms with Gasteiger partial charge in [0.25, 0.3) is 0 Å². The van der Waals surface area contributed by atoms with E-state index < -0.39 is 6.17 Å². The van der Waals surface area contributed by atoms with E-state index in [0.717, 1.165) is 11.8 Å². The lowest BCUT2D eigenvalue weighted by Crippen LogP contribution is -1.76. The number of hydrogen-bond donors (Lipinski definition) is 0. The van der Waals surface area contributed by atoms with Crippen LogP contribution in [0.3, 0.4) is 0 Å². The van der Waals surface area contributed by atoms with Crippen molar-refractivity contribution in [1.29, 1.82) is 0 Å². The Morgan fingerprint density at radius 2 is 2.33 bits per heavy atom. The summed E-state index contributed by atoms with van der Waals surface area (Å²) in [5.74, 6) is 0.352. The molecule has 1 saturated carbocycles. The fourth-order valence-electron chi connectivity index (χ4n) is 0.370. The lowest BCUT2D eigenvalue weighted by molar-refractivity contribution is 0.456. The predicted molar refractivity (Wildman–Crippen MR) is 26.8 cm³/mol. The topological polar surface area (TPSA) is 0 Å². The van der Waals surface area contributed by atoms with Gasteiger partial charge in [-0.1, -0.05) is 15.9 Å². The molecule has 2 atom stereocenters. The first-order valence-electron chi connectivity index (χ1n) is 2.04. The first-order valence-corrected chi connectivity index (χ1v) is 3.17. The highest BCUT2D eigenvalue weighted by atomic mass is 79.9. The Morgan fingerprint density at radius 1 is 1.83 bits per heavy atom. The number of halogens is 2. The molecule has 6 heavy (non-hydrogen) atoms. The Morgan fingerprint density at radius 3 is 2.33 bits per heavy atom. The monoisotopic (exact) mass is 152 g/mol. The van der Waals surface area contributed by atoms with E-state index in [-0.39, 0.29) is 0 Å². The molecule has 0 N–H and O–H groups in total. The normalized spacial score (nSPS) is 43.0. The van der Waals surface area contributed by atoms with Crippen LogP contribution in [0.4, 0.5) is 4.39 Å². The minimum atomic E-state index is -0.482. The van der Waals surface area contributed by atoms with Crippen LogP contribution < -0.4 is 0 Å². The summed E-state index contributed by atoms with van der Waals surface area (Å²) in [6, 6.07) is 0. The molecular formula is C4H6BrF. The van der Waals surface area contributed by atoms with Crippen molar-refractivity contribution in [3.8, 4) is 0 Å². The van der Waals surface area contributed by atoms with E-state index in [2.05, 4.69) is 15.9 Å². The summed E-state index contributed by atoms with van der Waals surface area (Å²) in [7, 11) is 0. The molecule has 0 aromatic heterocycles. The zero-order valence-electron chi connectivity index (χ0n) is 3.32. The maximum Gasteiger partial charge on any atom is 0.104 e. The molecule has 36 valence electrons. The molecule has 1 aliphatic carbocycles. The Kier molecular flexibility index (Phi) is 1.13. The van der Waals surface area contributed by atoms with Crippen LogP contribution in [0.2, 0.25) is 0 Å². The van der Waals surface area contributed by atoms with Gasteiger partial charge >= 0.3 is 0 Å². The molecule has 2 heteroatoms. The molecule has 1 fully saturated rings. The van der Waals surface area contributed by atoms with Crippen LogP contribution >= 0.6 is 15.9 Å². The van der Waals surface area contributed by atoms with E-state index in [0.29, 0.717) is 5.92 Å². The summed E-state index contributed by atoms with van der Waals surface area (Å²) in [5.41, 5.74) is 0. The van der Waals surface area contributed by atoms with Crippen molar-refractivity contribution in [3.05, 3.63) is 0 Å². The fraction of sp³-hybridized carbons (Fsp3) is 1.00. The lowest BCUT2D eigenvalue weighted by atomic mass is 10.5. The summed E-state index contributed by atoms with van der Waals surface area (Å²) in [6.45, 7) is 0. The number of hydrogen-bond acceptors (Lipinski definition) is 0. The molecule has 0 heterocycles. The van der Waals surface area contributed by atoms with Gasteiger partial charge in [0.15, 0.2) is 0 Å². The van der Waals surface area contributed by atoms with Crippen molar-refractivity contribution in [2.24, 2.45) is 5.92 Å². The highest BCUT2D eigenvalue weighted by molar-refractivity contribution is 9.09. The van der Waals surface area contributed by atoms with Crippen LogP contribution in [-0.2, 0) is 0 Å². The summed E-state index contributed by atoms with van der Waals surface area (Å²) in [4.78, 5) is 0. The molecule has 0 aliphatic heterocycles. The van der Waals surface area contributed by atoms with Gasteiger partial charge in [-0.15, -0.1) is 0 Å². The molecule has 0 radical (unpaired) electrons. The van der Waals surface area contributed by atoms with E-state index in [1.54, 1.807) is 0 Å². The minimum absolute atomic E-state index is 0.352. The van der Waals surface area contributed by atoms with E-state index in [1.165, 1.54) is 0 Å². The van der Waals surface area contributed by atoms with Crippen molar-refractivity contribution in [1.82, 2.24) is 0 Å². The number of alkyl halides is 2. The molecule has 0 amide bonds. The SMILES string of the molecule is F[C@@H]1C[C@@H]1CBr. The lowest BCUT2D eigenvalue weighted by Gasteiger charge is -1.74. The Hall–Kier alpha value is 0.410. The zero-order chi connectivity index (χ0) is 4.57. The van der Waals surface area contributed by atoms with Gasteiger partial charge in [-0.2, -0.15) is 0 Å². The fourth-order valence-corrected chi connectivity index (χ4v) is 1.04. The molecule has 0 unspecified atom stereocenters. The molecule has 0 bridgehead atoms. The van der Waals surface area contributed by atoms with E-state index >= 15 is 0 Å². The Bertz CT molecular complexity index is 53.5. The summed E-state index contributed by atoms with van der Waals surface area (Å²) in [5, 5.41) is 0.841. The standard InChI is InChI=1S/C4H6BrF/c5-2-3-1-4(3)6/h3-4H,1-2H2/t3-,4-/m1/s1. The smallest absolute Gasteiger partial charge is 0.104 e. The van der Waals surface area contributed by atoms with Crippen LogP contribution in [0.15, 0.2) is 0 Å². The molecule has 0 aromatic carbocycles. The molecule has 1 rings (SSSR count). The first kappa shape index (κ1) is 4.57. The van der Waals surface area contributed by atoms with Gasteiger partial charge in [0.1, 0.15) is 6.17 Å². The average Bonchev–Trinajstić information content (AvgIpc) is 2.19. The van der Waals surface area contributed by atoms with Crippen molar-refractivity contribution >= 4 is 15.9 Å². The molecule has 0 saturated heterocycles. The largest absolute Gasteiger partial charge is 0.247 e. The predicted octanol–water partition coefficient (Wildman–Crippen LogP) is 1.74. The molecule has 0 nitrogen and oxygen atoms in total. The van der Waals surface area contributed by atoms with Gasteiger partial charge in [-0.3, -0.25) is 0 Å². The van der Waals surface area contributed by atoms with Crippen LogP contribution in [0, 0.1) is 5.92 Å². The second-order valence-electron chi connectivity index (χ2n) is 1.67. The van der Waals surface area contributed by atoms with Crippen LogP contribution in [0.5, 0.6) is 0 Å². The van der Waals surface area contributed by atoms with Gasteiger partial charge in [0.05, 0.1) is 0 Å². The quantitative estimate of drug-likeness (QED) is 0.503. The Labute approximate surface area is 44.9 Å². The summed E-state index contributed by atoms with van der Waals surface area (Å²) >= 11 is 3.18. The van der Waals surface area contributed by atoms with E-state index in [1.807, 2.05) is 0 Å². The van der Waals surface area contributed by atoms with Crippen LogP contribution in [0.1, 0.15) is 6.42 Å². The maximum atomic E-state index is 11.7. The van der Waals surface area contributed by atoms with Gasteiger partial charge in [0, 0.05) is 11.2 Å². The van der Waals surface area contributed by atoms with Gasteiger partial charge in [-0.05, 0) is 6.42 Å². The zero-order valence-corrected chi connectivity index (χ0v) is 4.91. The van der Waals surface area contributed by atoms with E-state index in [9.17, 15) is 4.39 Å². The molecular weight excluding hydrogens is 147 g/mol. The van der Waals surface area contributed by atoms with Gasteiger partial charge < -0.3 is 0 Å². The van der Waals surface area contributed by atoms with Gasteiger partial charge in [0.2, 0.25) is 0 Å². The van der Waals surface area contributed by atoms with Crippen molar-refractivity contribution in [3.63, 3.8) is 0 Å². The third kappa shape index (κ3) is 0.725. The molecule has 0 spiro atoms. The van der Waals surface area contributed by atoms with Gasteiger partial charge in [-0.25, -0.2) is 4.39 Å². The summed E-state index contributed by atoms with van der Waals surface area (Å²) in [6.07, 6.45) is 0.301. The first-order chi connectivity index (χ1) is 2.84. The highest BCUT2D eigenvalue weighted by Crippen LogP contribution is 2.34. The third-order valence-electron chi connectivity index (χ3n) is 1.03. The van der Waals surface area contributed by atoms with Crippen molar-refractivity contribution < 1.29 is 4.39 Å². The van der Waals surface area contributed by atoms with Crippen LogP contribution in [0.25, 0.3) is 0 Å². The second kappa shape index (κ2) is 1.49. The highest BCUT2D eigenvalue weighted by Gasteiger charge is 2.35. The van der Waals surface area contributed by atoms with Crippen molar-refractivity contribution in [2.45, 2.75) is 12.6 Å². The Balaban J connectivity index is 2.09. The molecule has 1 aliphatic rings. The molecule has 0 aromatic rings. The third-order valence-corrected chi connectivity index (χ3v) is 1.87. The second-order valence-corrected chi connectivity index (χ2v) is 2.31. The van der Waals surface area contributed by atoms with Crippen LogP contribution in [-0.4, -0.2) is 11.5 Å². The number of rotatable bonds is 1. The minimum Gasteiger partial charge on any atom is -0.247 e. The van der Waals surface area contributed by atoms with E-state index in [4.69, 9.17) is 0 Å². The van der Waals surface area contributed by atoms with Crippen molar-refractivity contribution in [2.75, 3.05) is 5.33 Å². The average molecular weight is 153 g/mol. The maximum absolute atomic E-state index is 11.7. The summed E-state index contributed by atoms with van der Waals surface area (Å²) < 4.78 is 11.7.